The molecule has 0 amide bonds. The number of hydrogen-bond acceptors (Lipinski definition) is 2. The molecule has 0 radical (unpaired) electrons. The van der Waals surface area contributed by atoms with Crippen LogP contribution in [-0.4, -0.2) is 17.4 Å². The van der Waals surface area contributed by atoms with Gasteiger partial charge < -0.3 is 0 Å². The zero-order valence-electron chi connectivity index (χ0n) is 8.66. The number of nitrogens with zero attached hydrogens (tertiary/aromatic N) is 2. The van der Waals surface area contributed by atoms with Crippen LogP contribution in [0.15, 0.2) is 45.1 Å². The topological polar surface area (TPSA) is 24.7 Å². The van der Waals surface area contributed by atoms with Gasteiger partial charge >= 0.3 is 0 Å². The second kappa shape index (κ2) is 2.50. The molecule has 2 aliphatic heterocycles. The van der Waals surface area contributed by atoms with Crippen molar-refractivity contribution in [1.82, 2.24) is 0 Å². The Morgan fingerprint density at radius 3 is 3.00 bits per heavy atom. The van der Waals surface area contributed by atoms with E-state index in [-0.39, 0.29) is 5.41 Å². The average molecular weight is 219 g/mol. The summed E-state index contributed by atoms with van der Waals surface area (Å²) in [6.07, 6.45) is 9.58. The molecular weight excluding hydrogens is 208 g/mol. The van der Waals surface area contributed by atoms with Gasteiger partial charge in [0.15, 0.2) is 5.00 Å². The van der Waals surface area contributed by atoms with Crippen LogP contribution in [0.3, 0.4) is 0 Å². The third kappa shape index (κ3) is 0.864. The van der Waals surface area contributed by atoms with Crippen molar-refractivity contribution in [2.24, 2.45) is 15.4 Å². The van der Waals surface area contributed by atoms with Gasteiger partial charge in [-0.05, 0) is 37.1 Å². The summed E-state index contributed by atoms with van der Waals surface area (Å²) in [5.41, 5.74) is 3.27. The Hall–Kier alpha value is -1.15. The van der Waals surface area contributed by atoms with Crippen LogP contribution in [0.4, 0.5) is 0 Å². The van der Waals surface area contributed by atoms with Gasteiger partial charge in [0.2, 0.25) is 0 Å². The highest BCUT2D eigenvalue weighted by Gasteiger charge is 2.57. The molecule has 15 heavy (non-hydrogen) atoms. The van der Waals surface area contributed by atoms with E-state index in [9.17, 15) is 0 Å². The maximum Gasteiger partial charge on any atom is 0.166 e. The van der Waals surface area contributed by atoms with Gasteiger partial charge in [-0.2, -0.15) is 0 Å². The van der Waals surface area contributed by atoms with E-state index < -0.39 is 5.00 Å². The first-order valence-corrected chi connectivity index (χ1v) is 5.34. The van der Waals surface area contributed by atoms with Crippen LogP contribution in [-0.2, 0) is 0 Å². The minimum atomic E-state index is -0.636. The van der Waals surface area contributed by atoms with E-state index in [0.717, 1.165) is 5.57 Å². The first-order chi connectivity index (χ1) is 7.08. The smallest absolute Gasteiger partial charge is 0.166 e. The number of halogens is 1. The van der Waals surface area contributed by atoms with Gasteiger partial charge in [0.05, 0.1) is 5.41 Å². The standard InChI is InChI=1S/C12H11ClN2/c1-8-5-12(13)11(2)9(7-15-12)6-14-4-3-10(8)11/h3-7H,1-2H3. The van der Waals surface area contributed by atoms with Crippen molar-refractivity contribution in [2.75, 3.05) is 0 Å². The lowest BCUT2D eigenvalue weighted by molar-refractivity contribution is 0.450. The lowest BCUT2D eigenvalue weighted by Gasteiger charge is -2.32. The third-order valence-corrected chi connectivity index (χ3v) is 4.17. The van der Waals surface area contributed by atoms with E-state index in [2.05, 4.69) is 23.8 Å². The fourth-order valence-corrected chi connectivity index (χ4v) is 3.03. The summed E-state index contributed by atoms with van der Waals surface area (Å²) >= 11 is 6.57. The number of alkyl halides is 1. The first kappa shape index (κ1) is 9.10. The maximum absolute atomic E-state index is 6.57. The van der Waals surface area contributed by atoms with Gasteiger partial charge in [0.1, 0.15) is 0 Å². The molecule has 2 nitrogen and oxygen atoms in total. The molecule has 0 spiro atoms. The van der Waals surface area contributed by atoms with Crippen LogP contribution in [0.2, 0.25) is 0 Å². The van der Waals surface area contributed by atoms with E-state index in [1.54, 1.807) is 0 Å². The van der Waals surface area contributed by atoms with Crippen molar-refractivity contribution in [1.29, 1.82) is 0 Å². The molecule has 0 N–H and O–H groups in total. The Balaban J connectivity index is 2.35. The van der Waals surface area contributed by atoms with Crippen LogP contribution >= 0.6 is 11.6 Å². The van der Waals surface area contributed by atoms with Gasteiger partial charge in [-0.25, -0.2) is 0 Å². The van der Waals surface area contributed by atoms with Crippen molar-refractivity contribution >= 4 is 24.0 Å². The predicted octanol–water partition coefficient (Wildman–Crippen LogP) is 2.87. The van der Waals surface area contributed by atoms with Gasteiger partial charge in [0, 0.05) is 24.2 Å². The van der Waals surface area contributed by atoms with Crippen molar-refractivity contribution in [3.8, 4) is 0 Å². The highest BCUT2D eigenvalue weighted by molar-refractivity contribution is 6.29. The number of hydrogen-bond donors (Lipinski definition) is 0. The monoisotopic (exact) mass is 218 g/mol. The van der Waals surface area contributed by atoms with Crippen LogP contribution in [0.5, 0.6) is 0 Å². The van der Waals surface area contributed by atoms with Gasteiger partial charge in [-0.3, -0.25) is 9.98 Å². The lowest BCUT2D eigenvalue weighted by Crippen LogP contribution is -2.33. The van der Waals surface area contributed by atoms with E-state index in [1.165, 1.54) is 11.1 Å². The number of rotatable bonds is 0. The molecule has 3 heteroatoms. The van der Waals surface area contributed by atoms with Gasteiger partial charge in [0.25, 0.3) is 0 Å². The Kier molecular flexibility index (Phi) is 1.52. The summed E-state index contributed by atoms with van der Waals surface area (Å²) < 4.78 is 0. The van der Waals surface area contributed by atoms with Crippen molar-refractivity contribution in [3.63, 3.8) is 0 Å². The van der Waals surface area contributed by atoms with Crippen LogP contribution in [0.25, 0.3) is 0 Å². The molecule has 0 fully saturated rings. The fraction of sp³-hybridized carbons (Fsp3) is 0.333. The molecule has 3 rings (SSSR count). The van der Waals surface area contributed by atoms with Crippen LogP contribution in [0, 0.1) is 5.41 Å². The second-order valence-electron chi connectivity index (χ2n) is 4.35. The minimum Gasteiger partial charge on any atom is -0.265 e. The van der Waals surface area contributed by atoms with E-state index in [4.69, 9.17) is 11.6 Å². The van der Waals surface area contributed by atoms with Crippen LogP contribution in [0.1, 0.15) is 13.8 Å². The Bertz CT molecular complexity index is 496. The highest BCUT2D eigenvalue weighted by Crippen LogP contribution is 2.60. The molecule has 2 atom stereocenters. The minimum absolute atomic E-state index is 0.241. The Labute approximate surface area is 93.8 Å². The van der Waals surface area contributed by atoms with Gasteiger partial charge in [-0.15, -0.1) is 0 Å². The summed E-state index contributed by atoms with van der Waals surface area (Å²) in [5.74, 6) is 0. The summed E-state index contributed by atoms with van der Waals surface area (Å²) in [4.78, 5) is 7.98. The average Bonchev–Trinajstić information content (AvgIpc) is 2.45. The molecule has 76 valence electrons. The number of aliphatic imine (C=N–C) groups is 2. The second-order valence-corrected chi connectivity index (χ2v) is 4.92. The third-order valence-electron chi connectivity index (χ3n) is 3.58. The maximum atomic E-state index is 6.57. The van der Waals surface area contributed by atoms with E-state index in [0.29, 0.717) is 0 Å². The predicted molar refractivity (Wildman–Crippen MR) is 63.6 cm³/mol. The molecular formula is C12H11ClN2. The largest absolute Gasteiger partial charge is 0.265 e. The molecule has 2 unspecified atom stereocenters. The first-order valence-electron chi connectivity index (χ1n) is 4.96. The zero-order chi connectivity index (χ0) is 10.7. The normalized spacial score (nSPS) is 40.9. The summed E-state index contributed by atoms with van der Waals surface area (Å²) in [5, 5.41) is 0. The summed E-state index contributed by atoms with van der Waals surface area (Å²) in [6, 6.07) is 0. The summed E-state index contributed by atoms with van der Waals surface area (Å²) in [7, 11) is 0. The van der Waals surface area contributed by atoms with E-state index >= 15 is 0 Å². The molecule has 0 aromatic carbocycles. The van der Waals surface area contributed by atoms with Crippen molar-refractivity contribution < 1.29 is 0 Å². The Morgan fingerprint density at radius 1 is 1.40 bits per heavy atom. The molecule has 0 aromatic heterocycles. The lowest BCUT2D eigenvalue weighted by atomic mass is 9.75. The van der Waals surface area contributed by atoms with Crippen LogP contribution < -0.4 is 0 Å². The quantitative estimate of drug-likeness (QED) is 0.441. The molecule has 0 bridgehead atoms. The zero-order valence-corrected chi connectivity index (χ0v) is 9.42. The molecule has 0 aromatic rings. The molecule has 0 saturated carbocycles. The molecule has 3 aliphatic rings. The van der Waals surface area contributed by atoms with Crippen molar-refractivity contribution in [2.45, 2.75) is 18.8 Å². The van der Waals surface area contributed by atoms with E-state index in [1.807, 2.05) is 30.8 Å². The summed E-state index contributed by atoms with van der Waals surface area (Å²) in [6.45, 7) is 4.21. The molecule has 0 saturated heterocycles. The van der Waals surface area contributed by atoms with Gasteiger partial charge in [-0.1, -0.05) is 11.6 Å². The number of allylic oxidation sites excluding steroid dienone is 2. The Morgan fingerprint density at radius 2 is 2.20 bits per heavy atom. The highest BCUT2D eigenvalue weighted by atomic mass is 35.5. The molecule has 2 heterocycles. The fourth-order valence-electron chi connectivity index (χ4n) is 2.61. The SMILES string of the molecule is CC1=CC2(Cl)N=CC3=CN=CC=C1C32C. The van der Waals surface area contributed by atoms with Crippen molar-refractivity contribution in [3.05, 3.63) is 35.1 Å². The molecule has 1 aliphatic carbocycles.